The number of hydrogen-bond acceptors (Lipinski definition) is 6. The molecule has 0 unspecified atom stereocenters. The maximum Gasteiger partial charge on any atom is 0.259 e. The monoisotopic (exact) mass is 409 g/mol. The fourth-order valence-electron chi connectivity index (χ4n) is 3.68. The molecule has 0 spiro atoms. The van der Waals surface area contributed by atoms with Crippen molar-refractivity contribution < 1.29 is 0 Å². The number of thiophene rings is 1. The molecule has 0 saturated heterocycles. The molecular weight excluding hydrogens is 390 g/mol. The molecule has 142 valence electrons. The van der Waals surface area contributed by atoms with Crippen LogP contribution in [0.4, 0.5) is 0 Å². The Morgan fingerprint density at radius 1 is 1.18 bits per heavy atom. The molecule has 6 nitrogen and oxygen atoms in total. The first-order chi connectivity index (χ1) is 13.6. The summed E-state index contributed by atoms with van der Waals surface area (Å²) < 4.78 is 2.03. The first-order valence-electron chi connectivity index (χ1n) is 9.25. The molecule has 0 amide bonds. The van der Waals surface area contributed by atoms with Gasteiger partial charge < -0.3 is 4.98 Å². The molecule has 8 heteroatoms. The Bertz CT molecular complexity index is 1240. The van der Waals surface area contributed by atoms with Crippen LogP contribution in [-0.2, 0) is 18.6 Å². The molecule has 0 aliphatic heterocycles. The lowest BCUT2D eigenvalue weighted by Gasteiger charge is -2.08. The fraction of sp³-hybridized carbons (Fsp3) is 0.300. The second kappa shape index (κ2) is 6.86. The van der Waals surface area contributed by atoms with Gasteiger partial charge in [-0.25, -0.2) is 4.98 Å². The van der Waals surface area contributed by atoms with Crippen molar-refractivity contribution in [3.63, 3.8) is 0 Å². The van der Waals surface area contributed by atoms with Crippen LogP contribution >= 0.6 is 23.1 Å². The quantitative estimate of drug-likeness (QED) is 0.516. The van der Waals surface area contributed by atoms with Crippen LogP contribution in [0.15, 0.2) is 34.2 Å². The van der Waals surface area contributed by atoms with Gasteiger partial charge in [-0.1, -0.05) is 29.5 Å². The minimum absolute atomic E-state index is 0.0174. The maximum atomic E-state index is 12.6. The molecule has 1 N–H and O–H groups in total. The minimum atomic E-state index is -0.0174. The number of benzene rings is 1. The number of hydrogen-bond donors (Lipinski definition) is 1. The highest BCUT2D eigenvalue weighted by atomic mass is 32.2. The molecule has 4 aromatic rings. The van der Waals surface area contributed by atoms with Gasteiger partial charge >= 0.3 is 0 Å². The molecule has 1 aliphatic carbocycles. The van der Waals surface area contributed by atoms with Gasteiger partial charge in [0.25, 0.3) is 5.56 Å². The van der Waals surface area contributed by atoms with Gasteiger partial charge in [0, 0.05) is 10.6 Å². The van der Waals surface area contributed by atoms with Crippen molar-refractivity contribution >= 4 is 33.3 Å². The average Bonchev–Trinajstić information content (AvgIpc) is 3.35. The molecule has 0 fully saturated rings. The first-order valence-corrected chi connectivity index (χ1v) is 11.1. The summed E-state index contributed by atoms with van der Waals surface area (Å²) in [6.07, 6.45) is 3.20. The minimum Gasteiger partial charge on any atom is -0.309 e. The van der Waals surface area contributed by atoms with Gasteiger partial charge in [0.05, 0.1) is 11.1 Å². The van der Waals surface area contributed by atoms with E-state index >= 15 is 0 Å². The molecule has 3 aromatic heterocycles. The van der Waals surface area contributed by atoms with Crippen LogP contribution in [0.2, 0.25) is 0 Å². The number of fused-ring (bicyclic) bond motifs is 3. The molecule has 0 bridgehead atoms. The van der Waals surface area contributed by atoms with E-state index in [0.29, 0.717) is 11.6 Å². The summed E-state index contributed by atoms with van der Waals surface area (Å²) in [6.45, 7) is 4.01. The van der Waals surface area contributed by atoms with Crippen molar-refractivity contribution in [1.82, 2.24) is 24.7 Å². The van der Waals surface area contributed by atoms with Gasteiger partial charge in [0.1, 0.15) is 16.5 Å². The summed E-state index contributed by atoms with van der Waals surface area (Å²) in [5.41, 5.74) is 3.43. The Morgan fingerprint density at radius 3 is 2.82 bits per heavy atom. The SMILES string of the molecule is Cc1ccc(-n2c(C)nnc2SCc2nc3sc4c(c3c(=O)[nH]2)CCC4)cc1. The molecule has 1 aliphatic rings. The van der Waals surface area contributed by atoms with Gasteiger partial charge in [-0.3, -0.25) is 9.36 Å². The number of nitrogens with zero attached hydrogens (tertiary/aromatic N) is 4. The lowest BCUT2D eigenvalue weighted by Crippen LogP contribution is -2.11. The normalized spacial score (nSPS) is 13.4. The molecule has 28 heavy (non-hydrogen) atoms. The number of rotatable bonds is 4. The number of aryl methyl sites for hydroxylation is 4. The van der Waals surface area contributed by atoms with Crippen LogP contribution in [0.1, 0.15) is 34.1 Å². The van der Waals surface area contributed by atoms with Crippen LogP contribution in [-0.4, -0.2) is 24.7 Å². The zero-order valence-electron chi connectivity index (χ0n) is 15.7. The number of aromatic nitrogens is 5. The maximum absolute atomic E-state index is 12.6. The zero-order valence-corrected chi connectivity index (χ0v) is 17.3. The summed E-state index contributed by atoms with van der Waals surface area (Å²) in [4.78, 5) is 22.5. The number of thioether (sulfide) groups is 1. The van der Waals surface area contributed by atoms with Crippen molar-refractivity contribution in [3.8, 4) is 5.69 Å². The van der Waals surface area contributed by atoms with E-state index in [0.717, 1.165) is 46.1 Å². The summed E-state index contributed by atoms with van der Waals surface area (Å²) in [6, 6.07) is 8.28. The Labute approximate surface area is 170 Å². The van der Waals surface area contributed by atoms with E-state index in [4.69, 9.17) is 4.98 Å². The molecular formula is C20H19N5OS2. The van der Waals surface area contributed by atoms with Crippen molar-refractivity contribution in [2.24, 2.45) is 0 Å². The van der Waals surface area contributed by atoms with Crippen molar-refractivity contribution in [1.29, 1.82) is 0 Å². The van der Waals surface area contributed by atoms with Gasteiger partial charge in [-0.2, -0.15) is 0 Å². The van der Waals surface area contributed by atoms with Gasteiger partial charge in [-0.05, 0) is 50.8 Å². The van der Waals surface area contributed by atoms with E-state index in [2.05, 4.69) is 46.4 Å². The van der Waals surface area contributed by atoms with Gasteiger partial charge in [-0.15, -0.1) is 21.5 Å². The number of nitrogens with one attached hydrogen (secondary N) is 1. The van der Waals surface area contributed by atoms with Crippen molar-refractivity contribution in [2.75, 3.05) is 0 Å². The lowest BCUT2D eigenvalue weighted by atomic mass is 10.2. The second-order valence-electron chi connectivity index (χ2n) is 7.04. The highest BCUT2D eigenvalue weighted by molar-refractivity contribution is 7.98. The van der Waals surface area contributed by atoms with E-state index in [1.165, 1.54) is 27.8 Å². The second-order valence-corrected chi connectivity index (χ2v) is 9.07. The highest BCUT2D eigenvalue weighted by Gasteiger charge is 2.21. The molecule has 3 heterocycles. The fourth-order valence-corrected chi connectivity index (χ4v) is 5.82. The lowest BCUT2D eigenvalue weighted by molar-refractivity contribution is 0.865. The Balaban J connectivity index is 1.44. The van der Waals surface area contributed by atoms with Gasteiger partial charge in [0.2, 0.25) is 0 Å². The van der Waals surface area contributed by atoms with Crippen LogP contribution < -0.4 is 5.56 Å². The largest absolute Gasteiger partial charge is 0.309 e. The average molecular weight is 410 g/mol. The van der Waals surface area contributed by atoms with Crippen LogP contribution in [0.25, 0.3) is 15.9 Å². The standard InChI is InChI=1S/C20H19N5OS2/c1-11-6-8-13(9-7-11)25-12(2)23-24-20(25)27-10-16-21-18(26)17-14-4-3-5-15(14)28-19(17)22-16/h6-9H,3-5,10H2,1-2H3,(H,21,22,26). The molecule has 0 saturated carbocycles. The third kappa shape index (κ3) is 2.97. The zero-order chi connectivity index (χ0) is 19.3. The predicted molar refractivity (Wildman–Crippen MR) is 113 cm³/mol. The molecule has 5 rings (SSSR count). The van der Waals surface area contributed by atoms with E-state index in [1.54, 1.807) is 11.3 Å². The smallest absolute Gasteiger partial charge is 0.259 e. The first kappa shape index (κ1) is 17.6. The molecule has 0 radical (unpaired) electrons. The number of aromatic amines is 1. The Morgan fingerprint density at radius 2 is 2.00 bits per heavy atom. The van der Waals surface area contributed by atoms with E-state index < -0.39 is 0 Å². The topological polar surface area (TPSA) is 76.5 Å². The Kier molecular flexibility index (Phi) is 4.32. The van der Waals surface area contributed by atoms with Gasteiger partial charge in [0.15, 0.2) is 5.16 Å². The van der Waals surface area contributed by atoms with Crippen LogP contribution in [0.5, 0.6) is 0 Å². The summed E-state index contributed by atoms with van der Waals surface area (Å²) in [7, 11) is 0. The molecule has 0 atom stereocenters. The van der Waals surface area contributed by atoms with E-state index in [1.807, 2.05) is 11.5 Å². The Hall–Kier alpha value is -2.45. The van der Waals surface area contributed by atoms with E-state index in [-0.39, 0.29) is 5.56 Å². The number of H-pyrrole nitrogens is 1. The summed E-state index contributed by atoms with van der Waals surface area (Å²) >= 11 is 3.20. The predicted octanol–water partition coefficient (Wildman–Crippen LogP) is 3.96. The van der Waals surface area contributed by atoms with E-state index in [9.17, 15) is 4.79 Å². The highest BCUT2D eigenvalue weighted by Crippen LogP contribution is 2.34. The summed E-state index contributed by atoms with van der Waals surface area (Å²) in [5.74, 6) is 2.05. The third-order valence-electron chi connectivity index (χ3n) is 5.05. The van der Waals surface area contributed by atoms with Crippen LogP contribution in [0.3, 0.4) is 0 Å². The summed E-state index contributed by atoms with van der Waals surface area (Å²) in [5, 5.41) is 10.1. The van der Waals surface area contributed by atoms with Crippen LogP contribution in [0, 0.1) is 13.8 Å². The van der Waals surface area contributed by atoms with Crippen molar-refractivity contribution in [3.05, 3.63) is 62.3 Å². The third-order valence-corrected chi connectivity index (χ3v) is 7.18. The molecule has 1 aromatic carbocycles. The van der Waals surface area contributed by atoms with Crippen molar-refractivity contribution in [2.45, 2.75) is 44.0 Å².